The number of carbonyl (C=O) groups is 1. The first kappa shape index (κ1) is 18.7. The van der Waals surface area contributed by atoms with Crippen molar-refractivity contribution < 1.29 is 14.3 Å². The van der Waals surface area contributed by atoms with Crippen LogP contribution in [-0.2, 0) is 4.74 Å². The van der Waals surface area contributed by atoms with E-state index in [0.717, 1.165) is 5.39 Å². The van der Waals surface area contributed by atoms with E-state index in [9.17, 15) is 4.79 Å². The van der Waals surface area contributed by atoms with Gasteiger partial charge in [0.25, 0.3) is 0 Å². The van der Waals surface area contributed by atoms with Gasteiger partial charge in [-0.3, -0.25) is 0 Å². The van der Waals surface area contributed by atoms with E-state index >= 15 is 0 Å². The molecule has 0 saturated carbocycles. The predicted octanol–water partition coefficient (Wildman–Crippen LogP) is 5.31. The molecule has 0 atom stereocenters. The summed E-state index contributed by atoms with van der Waals surface area (Å²) >= 11 is 9.64. The second kappa shape index (κ2) is 6.89. The average Bonchev–Trinajstić information content (AvgIpc) is 2.86. The molecule has 3 aromatic rings. The molecule has 0 aliphatic heterocycles. The van der Waals surface area contributed by atoms with Crippen LogP contribution >= 0.6 is 27.5 Å². The van der Waals surface area contributed by atoms with Crippen LogP contribution in [0.25, 0.3) is 22.2 Å². The molecule has 0 N–H and O–H groups in total. The van der Waals surface area contributed by atoms with Gasteiger partial charge in [0.05, 0.1) is 28.4 Å². The molecular weight excluding hydrogens is 422 g/mol. The summed E-state index contributed by atoms with van der Waals surface area (Å²) in [4.78, 5) is 13.0. The van der Waals surface area contributed by atoms with E-state index in [2.05, 4.69) is 26.1 Å². The van der Waals surface area contributed by atoms with Crippen LogP contribution in [0, 0.1) is 0 Å². The SMILES string of the molecule is COc1nnc(Cl)cc1-c1c(Br)c2ccccc2n1C(=O)OC(C)(C)C. The summed E-state index contributed by atoms with van der Waals surface area (Å²) in [5, 5.41) is 8.81. The highest BCUT2D eigenvalue weighted by atomic mass is 79.9. The first-order valence-corrected chi connectivity index (χ1v) is 9.00. The van der Waals surface area contributed by atoms with Crippen molar-refractivity contribution in [3.63, 3.8) is 0 Å². The minimum absolute atomic E-state index is 0.189. The van der Waals surface area contributed by atoms with E-state index < -0.39 is 11.7 Å². The lowest BCUT2D eigenvalue weighted by Gasteiger charge is -2.21. The lowest BCUT2D eigenvalue weighted by atomic mass is 10.2. The maximum Gasteiger partial charge on any atom is 0.419 e. The molecule has 0 saturated heterocycles. The summed E-state index contributed by atoms with van der Waals surface area (Å²) in [5.74, 6) is 0.253. The van der Waals surface area contributed by atoms with Crippen molar-refractivity contribution in [2.24, 2.45) is 0 Å². The molecule has 0 bridgehead atoms. The fourth-order valence-corrected chi connectivity index (χ4v) is 3.49. The van der Waals surface area contributed by atoms with Gasteiger partial charge in [0.15, 0.2) is 5.15 Å². The van der Waals surface area contributed by atoms with Crippen molar-refractivity contribution in [1.82, 2.24) is 14.8 Å². The molecule has 3 rings (SSSR count). The van der Waals surface area contributed by atoms with Crippen LogP contribution in [0.2, 0.25) is 5.15 Å². The Morgan fingerprint density at radius 3 is 2.58 bits per heavy atom. The lowest BCUT2D eigenvalue weighted by molar-refractivity contribution is 0.0547. The highest BCUT2D eigenvalue weighted by Gasteiger charge is 2.27. The van der Waals surface area contributed by atoms with Crippen LogP contribution in [0.5, 0.6) is 5.88 Å². The van der Waals surface area contributed by atoms with Crippen LogP contribution < -0.4 is 4.74 Å². The van der Waals surface area contributed by atoms with E-state index in [4.69, 9.17) is 21.1 Å². The molecule has 8 heteroatoms. The summed E-state index contributed by atoms with van der Waals surface area (Å²) in [7, 11) is 1.48. The van der Waals surface area contributed by atoms with Gasteiger partial charge in [-0.1, -0.05) is 29.8 Å². The molecule has 136 valence electrons. The Morgan fingerprint density at radius 1 is 1.23 bits per heavy atom. The predicted molar refractivity (Wildman–Crippen MR) is 104 cm³/mol. The zero-order valence-corrected chi connectivity index (χ0v) is 17.1. The van der Waals surface area contributed by atoms with Gasteiger partial charge in [0.2, 0.25) is 5.88 Å². The number of carbonyl (C=O) groups excluding carboxylic acids is 1. The van der Waals surface area contributed by atoms with E-state index in [0.29, 0.717) is 21.2 Å². The van der Waals surface area contributed by atoms with Gasteiger partial charge in [-0.2, -0.15) is 0 Å². The Kier molecular flexibility index (Phi) is 4.94. The Bertz CT molecular complexity index is 995. The van der Waals surface area contributed by atoms with Crippen molar-refractivity contribution >= 4 is 44.5 Å². The molecule has 2 heterocycles. The average molecular weight is 439 g/mol. The van der Waals surface area contributed by atoms with Crippen molar-refractivity contribution in [1.29, 1.82) is 0 Å². The number of fused-ring (bicyclic) bond motifs is 1. The van der Waals surface area contributed by atoms with Crippen LogP contribution in [-0.4, -0.2) is 33.6 Å². The Labute approximate surface area is 164 Å². The van der Waals surface area contributed by atoms with Crippen LogP contribution in [0.3, 0.4) is 0 Å². The molecule has 0 unspecified atom stereocenters. The Balaban J connectivity index is 2.35. The molecule has 0 spiro atoms. The third-order valence-electron chi connectivity index (χ3n) is 3.57. The number of methoxy groups -OCH3 is 1. The maximum absolute atomic E-state index is 13.0. The van der Waals surface area contributed by atoms with Gasteiger partial charge in [-0.05, 0) is 48.8 Å². The van der Waals surface area contributed by atoms with Crippen LogP contribution in [0.1, 0.15) is 20.8 Å². The quantitative estimate of drug-likeness (QED) is 0.543. The molecule has 6 nitrogen and oxygen atoms in total. The van der Waals surface area contributed by atoms with Crippen molar-refractivity contribution in [3.8, 4) is 17.1 Å². The topological polar surface area (TPSA) is 66.2 Å². The van der Waals surface area contributed by atoms with Gasteiger partial charge < -0.3 is 9.47 Å². The lowest BCUT2D eigenvalue weighted by Crippen LogP contribution is -2.27. The van der Waals surface area contributed by atoms with Gasteiger partial charge in [-0.15, -0.1) is 10.2 Å². The normalized spacial score (nSPS) is 11.6. The van der Waals surface area contributed by atoms with E-state index in [1.165, 1.54) is 11.7 Å². The minimum Gasteiger partial charge on any atom is -0.479 e. The summed E-state index contributed by atoms with van der Waals surface area (Å²) in [5.41, 5.74) is 1.11. The van der Waals surface area contributed by atoms with E-state index in [1.54, 1.807) is 6.07 Å². The van der Waals surface area contributed by atoms with E-state index in [-0.39, 0.29) is 11.0 Å². The van der Waals surface area contributed by atoms with Crippen LogP contribution in [0.4, 0.5) is 4.79 Å². The van der Waals surface area contributed by atoms with Gasteiger partial charge in [-0.25, -0.2) is 9.36 Å². The first-order valence-electron chi connectivity index (χ1n) is 7.83. The third-order valence-corrected chi connectivity index (χ3v) is 4.56. The molecule has 1 aromatic carbocycles. The monoisotopic (exact) mass is 437 g/mol. The highest BCUT2D eigenvalue weighted by molar-refractivity contribution is 9.10. The zero-order valence-electron chi connectivity index (χ0n) is 14.7. The maximum atomic E-state index is 13.0. The zero-order chi connectivity index (χ0) is 19.1. The molecule has 0 amide bonds. The fraction of sp³-hybridized carbons (Fsp3) is 0.278. The molecular formula is C18H17BrClN3O3. The summed E-state index contributed by atoms with van der Waals surface area (Å²) < 4.78 is 13.1. The van der Waals surface area contributed by atoms with Crippen molar-refractivity contribution in [2.45, 2.75) is 26.4 Å². The number of hydrogen-bond acceptors (Lipinski definition) is 5. The van der Waals surface area contributed by atoms with E-state index in [1.807, 2.05) is 45.0 Å². The van der Waals surface area contributed by atoms with Gasteiger partial charge in [0.1, 0.15) is 5.60 Å². The first-order chi connectivity index (χ1) is 12.2. The third kappa shape index (κ3) is 3.41. The smallest absolute Gasteiger partial charge is 0.419 e. The number of benzene rings is 1. The molecule has 0 fully saturated rings. The van der Waals surface area contributed by atoms with Crippen LogP contribution in [0.15, 0.2) is 34.8 Å². The number of halogens is 2. The molecule has 0 aliphatic rings. The molecule has 2 aromatic heterocycles. The molecule has 26 heavy (non-hydrogen) atoms. The highest BCUT2D eigenvalue weighted by Crippen LogP contribution is 2.41. The number of para-hydroxylation sites is 1. The standard InChI is InChI=1S/C18H17BrClN3O3/c1-18(2,3)26-17(24)23-12-8-6-5-7-10(12)14(19)15(23)11-9-13(20)21-22-16(11)25-4/h5-9H,1-4H3. The second-order valence-corrected chi connectivity index (χ2v) is 7.77. The summed E-state index contributed by atoms with van der Waals surface area (Å²) in [6, 6.07) is 9.11. The number of ether oxygens (including phenoxy) is 2. The number of aromatic nitrogens is 3. The largest absolute Gasteiger partial charge is 0.479 e. The van der Waals surface area contributed by atoms with Crippen molar-refractivity contribution in [2.75, 3.05) is 7.11 Å². The molecule has 0 aliphatic carbocycles. The van der Waals surface area contributed by atoms with Gasteiger partial charge >= 0.3 is 6.09 Å². The summed E-state index contributed by atoms with van der Waals surface area (Å²) in [6.07, 6.45) is -0.510. The number of nitrogens with zero attached hydrogens (tertiary/aromatic N) is 3. The second-order valence-electron chi connectivity index (χ2n) is 6.59. The minimum atomic E-state index is -0.648. The number of hydrogen-bond donors (Lipinski definition) is 0. The Hall–Kier alpha value is -2.12. The van der Waals surface area contributed by atoms with Crippen molar-refractivity contribution in [3.05, 3.63) is 40.0 Å². The van der Waals surface area contributed by atoms with Gasteiger partial charge in [0, 0.05) is 5.39 Å². The Morgan fingerprint density at radius 2 is 1.92 bits per heavy atom. The molecule has 0 radical (unpaired) electrons. The summed E-state index contributed by atoms with van der Waals surface area (Å²) in [6.45, 7) is 5.45. The number of rotatable bonds is 2. The fourth-order valence-electron chi connectivity index (χ4n) is 2.61.